The molecule has 1 rings (SSSR count). The predicted octanol–water partition coefficient (Wildman–Crippen LogP) is 1.23. The lowest BCUT2D eigenvalue weighted by molar-refractivity contribution is -0.120. The smallest absolute Gasteiger partial charge is 0.258 e. The van der Waals surface area contributed by atoms with Gasteiger partial charge in [0, 0.05) is 6.42 Å². The second kappa shape index (κ2) is 1.27. The highest BCUT2D eigenvalue weighted by molar-refractivity contribution is 5.82. The number of hydrogen-bond donors (Lipinski definition) is 0. The van der Waals surface area contributed by atoms with Crippen LogP contribution in [0.5, 0.6) is 0 Å². The van der Waals surface area contributed by atoms with E-state index in [1.807, 2.05) is 0 Å². The molecule has 1 atom stereocenters. The Balaban J connectivity index is 2.48. The van der Waals surface area contributed by atoms with Crippen molar-refractivity contribution in [3.63, 3.8) is 0 Å². The lowest BCUT2D eigenvalue weighted by Crippen LogP contribution is -2.01. The summed E-state index contributed by atoms with van der Waals surface area (Å²) in [5.74, 6) is -4.01. The summed E-state index contributed by atoms with van der Waals surface area (Å²) in [6.45, 7) is 1.20. The Labute approximate surface area is 45.7 Å². The molecule has 0 aromatic heterocycles. The molecule has 0 unspecified atom stereocenters. The lowest BCUT2D eigenvalue weighted by Gasteiger charge is -1.87. The molecule has 3 heteroatoms. The Morgan fingerprint density at radius 3 is 2.12 bits per heavy atom. The fraction of sp³-hybridized carbons (Fsp3) is 0.800. The maximum atomic E-state index is 11.8. The van der Waals surface area contributed by atoms with Gasteiger partial charge < -0.3 is 0 Å². The standard InChI is InChI=1S/C5H6F2O/c1-3(8)4-2-5(4,6)7/h4H,2H2,1H3/t4-/m0/s1. The van der Waals surface area contributed by atoms with Crippen molar-refractivity contribution in [1.29, 1.82) is 0 Å². The van der Waals surface area contributed by atoms with Gasteiger partial charge in [0.15, 0.2) is 0 Å². The number of ketones is 1. The van der Waals surface area contributed by atoms with Crippen LogP contribution in [0.15, 0.2) is 0 Å². The average Bonchev–Trinajstić information content (AvgIpc) is 2.13. The first-order chi connectivity index (χ1) is 3.54. The van der Waals surface area contributed by atoms with Crippen molar-refractivity contribution in [2.75, 3.05) is 0 Å². The molecule has 0 amide bonds. The zero-order chi connectivity index (χ0) is 6.36. The van der Waals surface area contributed by atoms with Gasteiger partial charge in [-0.05, 0) is 6.92 Å². The Bertz CT molecular complexity index is 130. The van der Waals surface area contributed by atoms with Crippen LogP contribution in [0.2, 0.25) is 0 Å². The van der Waals surface area contributed by atoms with Crippen LogP contribution in [0.3, 0.4) is 0 Å². The van der Waals surface area contributed by atoms with E-state index in [0.29, 0.717) is 0 Å². The molecule has 1 aliphatic carbocycles. The zero-order valence-corrected chi connectivity index (χ0v) is 4.45. The number of Topliss-reactive ketones (excluding diaryl/α,β-unsaturated/α-hetero) is 1. The van der Waals surface area contributed by atoms with Gasteiger partial charge in [0.1, 0.15) is 5.78 Å². The van der Waals surface area contributed by atoms with Crippen LogP contribution < -0.4 is 0 Å². The Morgan fingerprint density at radius 1 is 1.75 bits per heavy atom. The van der Waals surface area contributed by atoms with Crippen molar-refractivity contribution in [3.05, 3.63) is 0 Å². The number of rotatable bonds is 1. The monoisotopic (exact) mass is 120 g/mol. The van der Waals surface area contributed by atoms with E-state index in [2.05, 4.69) is 0 Å². The number of carbonyl (C=O) groups excluding carboxylic acids is 1. The van der Waals surface area contributed by atoms with Crippen molar-refractivity contribution in [1.82, 2.24) is 0 Å². The zero-order valence-electron chi connectivity index (χ0n) is 4.45. The third-order valence-corrected chi connectivity index (χ3v) is 1.32. The molecule has 1 nitrogen and oxygen atoms in total. The number of hydrogen-bond acceptors (Lipinski definition) is 1. The van der Waals surface area contributed by atoms with Crippen LogP contribution in [-0.4, -0.2) is 11.7 Å². The summed E-state index contributed by atoms with van der Waals surface area (Å²) in [4.78, 5) is 10.1. The van der Waals surface area contributed by atoms with Gasteiger partial charge >= 0.3 is 0 Å². The van der Waals surface area contributed by atoms with E-state index < -0.39 is 17.6 Å². The predicted molar refractivity (Wildman–Crippen MR) is 23.7 cm³/mol. The molecule has 1 saturated carbocycles. The van der Waals surface area contributed by atoms with Gasteiger partial charge in [-0.25, -0.2) is 8.78 Å². The number of carbonyl (C=O) groups is 1. The van der Waals surface area contributed by atoms with Crippen LogP contribution in [0.25, 0.3) is 0 Å². The molecule has 0 aliphatic heterocycles. The third-order valence-electron chi connectivity index (χ3n) is 1.32. The topological polar surface area (TPSA) is 17.1 Å². The summed E-state index contributed by atoms with van der Waals surface area (Å²) < 4.78 is 23.7. The van der Waals surface area contributed by atoms with E-state index >= 15 is 0 Å². The summed E-state index contributed by atoms with van der Waals surface area (Å²) in [6, 6.07) is 0. The van der Waals surface area contributed by atoms with Crippen molar-refractivity contribution in [3.8, 4) is 0 Å². The summed E-state index contributed by atoms with van der Waals surface area (Å²) in [7, 11) is 0. The minimum Gasteiger partial charge on any atom is -0.299 e. The Kier molecular flexibility index (Phi) is 0.900. The van der Waals surface area contributed by atoms with Gasteiger partial charge in [0.2, 0.25) is 0 Å². The van der Waals surface area contributed by atoms with Crippen molar-refractivity contribution in [2.24, 2.45) is 5.92 Å². The van der Waals surface area contributed by atoms with Crippen molar-refractivity contribution >= 4 is 5.78 Å². The summed E-state index contributed by atoms with van der Waals surface area (Å²) >= 11 is 0. The number of alkyl halides is 2. The summed E-state index contributed by atoms with van der Waals surface area (Å²) in [6.07, 6.45) is -0.234. The highest BCUT2D eigenvalue weighted by Gasteiger charge is 2.59. The summed E-state index contributed by atoms with van der Waals surface area (Å²) in [5.41, 5.74) is 0. The second-order valence-corrected chi connectivity index (χ2v) is 2.13. The molecule has 46 valence electrons. The van der Waals surface area contributed by atoms with Crippen LogP contribution in [-0.2, 0) is 4.79 Å². The van der Waals surface area contributed by atoms with Crippen LogP contribution in [0.1, 0.15) is 13.3 Å². The third kappa shape index (κ3) is 0.723. The maximum absolute atomic E-state index is 11.8. The van der Waals surface area contributed by atoms with Crippen molar-refractivity contribution < 1.29 is 13.6 Å². The van der Waals surface area contributed by atoms with E-state index in [-0.39, 0.29) is 6.42 Å². The first-order valence-electron chi connectivity index (χ1n) is 2.42. The van der Waals surface area contributed by atoms with Crippen LogP contribution >= 0.6 is 0 Å². The fourth-order valence-electron chi connectivity index (χ4n) is 0.654. The Hall–Kier alpha value is -0.470. The molecule has 0 radical (unpaired) electrons. The van der Waals surface area contributed by atoms with E-state index in [1.165, 1.54) is 6.92 Å². The first-order valence-corrected chi connectivity index (χ1v) is 2.42. The summed E-state index contributed by atoms with van der Waals surface area (Å²) in [5, 5.41) is 0. The molecule has 0 N–H and O–H groups in total. The molecular weight excluding hydrogens is 114 g/mol. The van der Waals surface area contributed by atoms with E-state index in [0.717, 1.165) is 0 Å². The van der Waals surface area contributed by atoms with E-state index in [4.69, 9.17) is 0 Å². The second-order valence-electron chi connectivity index (χ2n) is 2.13. The minimum absolute atomic E-state index is 0.234. The van der Waals surface area contributed by atoms with Gasteiger partial charge in [0.05, 0.1) is 5.92 Å². The quantitative estimate of drug-likeness (QED) is 0.508. The van der Waals surface area contributed by atoms with Gasteiger partial charge in [-0.1, -0.05) is 0 Å². The average molecular weight is 120 g/mol. The van der Waals surface area contributed by atoms with E-state index in [9.17, 15) is 13.6 Å². The highest BCUT2D eigenvalue weighted by atomic mass is 19.3. The van der Waals surface area contributed by atoms with Gasteiger partial charge in [-0.15, -0.1) is 0 Å². The molecule has 1 fully saturated rings. The molecule has 0 aromatic rings. The molecule has 1 aliphatic rings. The van der Waals surface area contributed by atoms with Gasteiger partial charge in [-0.2, -0.15) is 0 Å². The SMILES string of the molecule is CC(=O)[C@@H]1CC1(F)F. The molecule has 0 aromatic carbocycles. The molecule has 0 bridgehead atoms. The highest BCUT2D eigenvalue weighted by Crippen LogP contribution is 2.48. The molecule has 8 heavy (non-hydrogen) atoms. The molecular formula is C5H6F2O. The van der Waals surface area contributed by atoms with Crippen molar-refractivity contribution in [2.45, 2.75) is 19.3 Å². The van der Waals surface area contributed by atoms with Gasteiger partial charge in [0.25, 0.3) is 5.92 Å². The normalized spacial score (nSPS) is 32.1. The minimum atomic E-state index is -2.66. The van der Waals surface area contributed by atoms with E-state index in [1.54, 1.807) is 0 Å². The Morgan fingerprint density at radius 2 is 2.12 bits per heavy atom. The van der Waals surface area contributed by atoms with Gasteiger partial charge in [-0.3, -0.25) is 4.79 Å². The lowest BCUT2D eigenvalue weighted by atomic mass is 10.3. The first kappa shape index (κ1) is 5.66. The maximum Gasteiger partial charge on any atom is 0.258 e. The molecule has 0 saturated heterocycles. The largest absolute Gasteiger partial charge is 0.299 e. The molecule has 0 heterocycles. The number of halogens is 2. The molecule has 0 spiro atoms. The van der Waals surface area contributed by atoms with Crippen LogP contribution in [0.4, 0.5) is 8.78 Å². The van der Waals surface area contributed by atoms with Crippen LogP contribution in [0, 0.1) is 5.92 Å². The fourth-order valence-corrected chi connectivity index (χ4v) is 0.654.